The Bertz CT molecular complexity index is 872. The SMILES string of the molecule is CCCCCC(C=CC(=O)CCc1ccc(O)c(OC)c1)Cc1ccc(O)c(OC)c1. The van der Waals surface area contributed by atoms with E-state index >= 15 is 0 Å². The van der Waals surface area contributed by atoms with Gasteiger partial charge in [0.2, 0.25) is 0 Å². The summed E-state index contributed by atoms with van der Waals surface area (Å²) < 4.78 is 10.3. The summed E-state index contributed by atoms with van der Waals surface area (Å²) in [5.74, 6) is 1.44. The smallest absolute Gasteiger partial charge is 0.160 e. The zero-order valence-electron chi connectivity index (χ0n) is 18.8. The molecule has 0 saturated carbocycles. The van der Waals surface area contributed by atoms with Crippen LogP contribution >= 0.6 is 0 Å². The van der Waals surface area contributed by atoms with Gasteiger partial charge in [-0.15, -0.1) is 0 Å². The average Bonchev–Trinajstić information content (AvgIpc) is 2.78. The standard InChI is InChI=1S/C26H34O5/c1-4-5-6-7-19(16-21-11-15-24(29)26(18-21)31-3)8-12-22(27)13-9-20-10-14-23(28)25(17-20)30-2/h8,10-12,14-15,17-19,28-29H,4-7,9,13,16H2,1-3H3. The van der Waals surface area contributed by atoms with Gasteiger partial charge in [0, 0.05) is 6.42 Å². The maximum atomic E-state index is 12.4. The molecule has 0 fully saturated rings. The largest absolute Gasteiger partial charge is 0.504 e. The second-order valence-corrected chi connectivity index (χ2v) is 7.80. The van der Waals surface area contributed by atoms with Gasteiger partial charge in [-0.25, -0.2) is 0 Å². The number of aromatic hydroxyl groups is 2. The molecule has 1 atom stereocenters. The first-order chi connectivity index (χ1) is 15.0. The number of aryl methyl sites for hydroxylation is 1. The maximum Gasteiger partial charge on any atom is 0.160 e. The molecule has 0 bridgehead atoms. The molecule has 2 aromatic rings. The van der Waals surface area contributed by atoms with Crippen molar-refractivity contribution in [1.82, 2.24) is 0 Å². The molecule has 2 N–H and O–H groups in total. The summed E-state index contributed by atoms with van der Waals surface area (Å²) in [6.07, 6.45) is 9.95. The van der Waals surface area contributed by atoms with Crippen molar-refractivity contribution in [3.63, 3.8) is 0 Å². The summed E-state index contributed by atoms with van der Waals surface area (Å²) in [7, 11) is 3.05. The normalized spacial score (nSPS) is 12.1. The van der Waals surface area contributed by atoms with Crippen molar-refractivity contribution >= 4 is 5.78 Å². The Morgan fingerprint density at radius 2 is 1.58 bits per heavy atom. The van der Waals surface area contributed by atoms with Gasteiger partial charge in [0.25, 0.3) is 0 Å². The van der Waals surface area contributed by atoms with E-state index < -0.39 is 0 Å². The third-order valence-corrected chi connectivity index (χ3v) is 5.38. The van der Waals surface area contributed by atoms with E-state index in [1.54, 1.807) is 37.5 Å². The molecule has 168 valence electrons. The number of methoxy groups -OCH3 is 2. The molecule has 5 nitrogen and oxygen atoms in total. The first kappa shape index (κ1) is 24.3. The number of rotatable bonds is 13. The Morgan fingerprint density at radius 1 is 0.968 bits per heavy atom. The topological polar surface area (TPSA) is 76.0 Å². The first-order valence-electron chi connectivity index (χ1n) is 10.9. The van der Waals surface area contributed by atoms with Crippen LogP contribution in [0, 0.1) is 5.92 Å². The van der Waals surface area contributed by atoms with E-state index in [0.29, 0.717) is 24.3 Å². The Morgan fingerprint density at radius 3 is 2.19 bits per heavy atom. The number of phenols is 2. The van der Waals surface area contributed by atoms with Gasteiger partial charge in [-0.3, -0.25) is 4.79 Å². The fourth-order valence-corrected chi connectivity index (χ4v) is 3.55. The number of hydrogen-bond donors (Lipinski definition) is 2. The average molecular weight is 427 g/mol. The number of ether oxygens (including phenoxy) is 2. The van der Waals surface area contributed by atoms with Gasteiger partial charge < -0.3 is 19.7 Å². The minimum absolute atomic E-state index is 0.0795. The van der Waals surface area contributed by atoms with Crippen molar-refractivity contribution in [1.29, 1.82) is 0 Å². The van der Waals surface area contributed by atoms with E-state index in [2.05, 4.69) is 6.92 Å². The van der Waals surface area contributed by atoms with Gasteiger partial charge in [-0.1, -0.05) is 44.4 Å². The molecule has 2 aromatic carbocycles. The van der Waals surface area contributed by atoms with Crippen LogP contribution in [0.4, 0.5) is 0 Å². The highest BCUT2D eigenvalue weighted by molar-refractivity contribution is 5.89. The Hall–Kier alpha value is -2.95. The number of carbonyl (C=O) groups is 1. The van der Waals surface area contributed by atoms with Gasteiger partial charge >= 0.3 is 0 Å². The lowest BCUT2D eigenvalue weighted by Crippen LogP contribution is -2.04. The van der Waals surface area contributed by atoms with Gasteiger partial charge in [0.05, 0.1) is 14.2 Å². The Labute approximate surface area is 185 Å². The predicted octanol–water partition coefficient (Wildman–Crippen LogP) is 5.61. The second kappa shape index (κ2) is 12.7. The van der Waals surface area contributed by atoms with Crippen LogP contribution in [-0.2, 0) is 17.6 Å². The molecule has 0 amide bonds. The number of hydrogen-bond acceptors (Lipinski definition) is 5. The molecule has 2 rings (SSSR count). The number of carbonyl (C=O) groups excluding carboxylic acids is 1. The highest BCUT2D eigenvalue weighted by Gasteiger charge is 2.11. The molecule has 0 radical (unpaired) electrons. The summed E-state index contributed by atoms with van der Waals surface area (Å²) >= 11 is 0. The Balaban J connectivity index is 1.99. The summed E-state index contributed by atoms with van der Waals surface area (Å²) in [6, 6.07) is 10.6. The van der Waals surface area contributed by atoms with Crippen LogP contribution in [0.15, 0.2) is 48.6 Å². The van der Waals surface area contributed by atoms with Gasteiger partial charge in [-0.2, -0.15) is 0 Å². The minimum atomic E-state index is 0.0795. The van der Waals surface area contributed by atoms with Crippen LogP contribution < -0.4 is 9.47 Å². The molecular formula is C26H34O5. The maximum absolute atomic E-state index is 12.4. The van der Waals surface area contributed by atoms with E-state index in [4.69, 9.17) is 9.47 Å². The molecular weight excluding hydrogens is 392 g/mol. The number of benzene rings is 2. The fourth-order valence-electron chi connectivity index (χ4n) is 3.55. The lowest BCUT2D eigenvalue weighted by molar-refractivity contribution is -0.114. The lowest BCUT2D eigenvalue weighted by Gasteiger charge is -2.14. The van der Waals surface area contributed by atoms with Crippen LogP contribution in [0.3, 0.4) is 0 Å². The minimum Gasteiger partial charge on any atom is -0.504 e. The molecule has 1 unspecified atom stereocenters. The van der Waals surface area contributed by atoms with Crippen molar-refractivity contribution in [2.45, 2.75) is 51.9 Å². The third kappa shape index (κ3) is 8.00. The van der Waals surface area contributed by atoms with Crippen molar-refractivity contribution in [3.8, 4) is 23.0 Å². The van der Waals surface area contributed by atoms with Gasteiger partial charge in [0.15, 0.2) is 28.8 Å². The summed E-state index contributed by atoms with van der Waals surface area (Å²) in [4.78, 5) is 12.4. The van der Waals surface area contributed by atoms with Crippen LogP contribution in [0.2, 0.25) is 0 Å². The first-order valence-corrected chi connectivity index (χ1v) is 10.9. The van der Waals surface area contributed by atoms with Crippen molar-refractivity contribution < 1.29 is 24.5 Å². The zero-order chi connectivity index (χ0) is 22.6. The van der Waals surface area contributed by atoms with Crippen LogP contribution in [0.1, 0.15) is 50.2 Å². The van der Waals surface area contributed by atoms with Crippen LogP contribution in [0.25, 0.3) is 0 Å². The molecule has 31 heavy (non-hydrogen) atoms. The summed E-state index contributed by atoms with van der Waals surface area (Å²) in [5.41, 5.74) is 2.02. The van der Waals surface area contributed by atoms with Gasteiger partial charge in [0.1, 0.15) is 0 Å². The number of phenolic OH excluding ortho intramolecular Hbond substituents is 2. The van der Waals surface area contributed by atoms with Crippen molar-refractivity contribution in [3.05, 3.63) is 59.7 Å². The number of ketones is 1. The monoisotopic (exact) mass is 426 g/mol. The molecule has 0 spiro atoms. The highest BCUT2D eigenvalue weighted by Crippen LogP contribution is 2.29. The van der Waals surface area contributed by atoms with E-state index in [1.807, 2.05) is 18.2 Å². The van der Waals surface area contributed by atoms with E-state index in [-0.39, 0.29) is 23.2 Å². The second-order valence-electron chi connectivity index (χ2n) is 7.80. The number of unbranched alkanes of at least 4 members (excludes halogenated alkanes) is 2. The quantitative estimate of drug-likeness (QED) is 0.321. The molecule has 0 aliphatic carbocycles. The molecule has 0 heterocycles. The van der Waals surface area contributed by atoms with E-state index in [1.165, 1.54) is 13.5 Å². The number of allylic oxidation sites excluding steroid dienone is 2. The van der Waals surface area contributed by atoms with E-state index in [0.717, 1.165) is 36.8 Å². The van der Waals surface area contributed by atoms with Crippen LogP contribution in [-0.4, -0.2) is 30.2 Å². The molecule has 0 aromatic heterocycles. The van der Waals surface area contributed by atoms with Crippen molar-refractivity contribution in [2.75, 3.05) is 14.2 Å². The molecule has 5 heteroatoms. The molecule has 0 aliphatic rings. The molecule has 0 aliphatic heterocycles. The molecule has 0 saturated heterocycles. The van der Waals surface area contributed by atoms with E-state index in [9.17, 15) is 15.0 Å². The Kier molecular flexibility index (Phi) is 9.95. The van der Waals surface area contributed by atoms with Crippen LogP contribution in [0.5, 0.6) is 23.0 Å². The van der Waals surface area contributed by atoms with Gasteiger partial charge in [-0.05, 0) is 66.6 Å². The highest BCUT2D eigenvalue weighted by atomic mass is 16.5. The summed E-state index contributed by atoms with van der Waals surface area (Å²) in [5, 5.41) is 19.5. The predicted molar refractivity (Wildman–Crippen MR) is 123 cm³/mol. The fraction of sp³-hybridized carbons (Fsp3) is 0.423. The lowest BCUT2D eigenvalue weighted by atomic mass is 9.92. The van der Waals surface area contributed by atoms with Crippen molar-refractivity contribution in [2.24, 2.45) is 5.92 Å². The third-order valence-electron chi connectivity index (χ3n) is 5.38. The zero-order valence-corrected chi connectivity index (χ0v) is 18.8. The summed E-state index contributed by atoms with van der Waals surface area (Å²) in [6.45, 7) is 2.18.